The average Bonchev–Trinajstić information content (AvgIpc) is 2.02. The molecule has 10 heteroatoms. The van der Waals surface area contributed by atoms with E-state index in [1.165, 1.54) is 0 Å². The van der Waals surface area contributed by atoms with E-state index in [9.17, 15) is 30.7 Å². The van der Waals surface area contributed by atoms with Crippen molar-refractivity contribution in [3.63, 3.8) is 0 Å². The molecule has 0 atom stereocenters. The molecule has 0 unspecified atom stereocenters. The predicted octanol–water partition coefficient (Wildman–Crippen LogP) is 3.12. The van der Waals surface area contributed by atoms with Gasteiger partial charge in [0.25, 0.3) is 0 Å². The third-order valence-electron chi connectivity index (χ3n) is 1.05. The van der Waals surface area contributed by atoms with Crippen LogP contribution in [0.3, 0.4) is 0 Å². The van der Waals surface area contributed by atoms with Gasteiger partial charge in [-0.15, -0.1) is 0 Å². The van der Waals surface area contributed by atoms with Crippen molar-refractivity contribution in [3.8, 4) is 0 Å². The van der Waals surface area contributed by atoms with E-state index < -0.39 is 24.8 Å². The molecule has 0 aliphatic rings. The summed E-state index contributed by atoms with van der Waals surface area (Å²) in [5.74, 6) is -6.31. The molecular formula is C5H4BrF7O2. The lowest BCUT2D eigenvalue weighted by Crippen LogP contribution is -2.53. The van der Waals surface area contributed by atoms with Gasteiger partial charge in [-0.2, -0.15) is 35.6 Å². The summed E-state index contributed by atoms with van der Waals surface area (Å²) in [4.78, 5) is 6.18. The summed E-state index contributed by atoms with van der Waals surface area (Å²) >= 11 is 2.65. The second kappa shape index (κ2) is 4.83. The molecule has 15 heavy (non-hydrogen) atoms. The van der Waals surface area contributed by atoms with Gasteiger partial charge < -0.3 is 0 Å². The van der Waals surface area contributed by atoms with Crippen molar-refractivity contribution in [2.45, 2.75) is 18.2 Å². The van der Waals surface area contributed by atoms with Crippen LogP contribution in [0.15, 0.2) is 0 Å². The van der Waals surface area contributed by atoms with E-state index >= 15 is 0 Å². The molecule has 0 rings (SSSR count). The van der Waals surface area contributed by atoms with E-state index in [4.69, 9.17) is 0 Å². The van der Waals surface area contributed by atoms with Crippen molar-refractivity contribution >= 4 is 15.9 Å². The van der Waals surface area contributed by atoms with E-state index in [0.717, 1.165) is 0 Å². The fraction of sp³-hybridized carbons (Fsp3) is 1.00. The number of halogens is 8. The quantitative estimate of drug-likeness (QED) is 0.255. The Hall–Kier alpha value is -0.0900. The lowest BCUT2D eigenvalue weighted by molar-refractivity contribution is -0.513. The van der Waals surface area contributed by atoms with Crippen LogP contribution in [0, 0.1) is 0 Å². The van der Waals surface area contributed by atoms with E-state index in [-0.39, 0.29) is 5.33 Å². The second-order valence-electron chi connectivity index (χ2n) is 2.18. The fourth-order valence-corrected chi connectivity index (χ4v) is 0.497. The van der Waals surface area contributed by atoms with Crippen LogP contribution in [-0.2, 0) is 9.78 Å². The second-order valence-corrected chi connectivity index (χ2v) is 2.98. The lowest BCUT2D eigenvalue weighted by atomic mass is 10.3. The molecular weight excluding hydrogens is 305 g/mol. The highest BCUT2D eigenvalue weighted by molar-refractivity contribution is 9.09. The summed E-state index contributed by atoms with van der Waals surface area (Å²) in [6.45, 7) is -0.608. The first-order valence-electron chi connectivity index (χ1n) is 3.25. The summed E-state index contributed by atoms with van der Waals surface area (Å²) in [5.41, 5.74) is 0. The SMILES string of the molecule is FC(F)(F)C(F)(F)C(F)(F)OOCCBr. The van der Waals surface area contributed by atoms with E-state index in [1.54, 1.807) is 0 Å². The van der Waals surface area contributed by atoms with Gasteiger partial charge in [0, 0.05) is 5.33 Å². The summed E-state index contributed by atoms with van der Waals surface area (Å²) in [6, 6.07) is 0. The van der Waals surface area contributed by atoms with Crippen LogP contribution in [0.25, 0.3) is 0 Å². The molecule has 0 radical (unpaired) electrons. The van der Waals surface area contributed by atoms with Crippen LogP contribution in [0.2, 0.25) is 0 Å². The van der Waals surface area contributed by atoms with Gasteiger partial charge >= 0.3 is 18.2 Å². The first kappa shape index (κ1) is 14.9. The van der Waals surface area contributed by atoms with Crippen LogP contribution in [-0.4, -0.2) is 30.1 Å². The zero-order valence-corrected chi connectivity index (χ0v) is 8.34. The van der Waals surface area contributed by atoms with Gasteiger partial charge in [-0.3, -0.25) is 0 Å². The third-order valence-corrected chi connectivity index (χ3v) is 1.37. The number of hydrogen-bond donors (Lipinski definition) is 0. The van der Waals surface area contributed by atoms with Crippen molar-refractivity contribution in [2.24, 2.45) is 0 Å². The molecule has 0 amide bonds. The van der Waals surface area contributed by atoms with E-state index in [1.807, 2.05) is 0 Å². The molecule has 0 bridgehead atoms. The maximum Gasteiger partial charge on any atom is 0.462 e. The van der Waals surface area contributed by atoms with Gasteiger partial charge in [0.05, 0.1) is 6.61 Å². The Bertz CT molecular complexity index is 204. The lowest BCUT2D eigenvalue weighted by Gasteiger charge is -2.26. The minimum absolute atomic E-state index is 0.0688. The van der Waals surface area contributed by atoms with Gasteiger partial charge in [-0.05, 0) is 0 Å². The Morgan fingerprint density at radius 1 is 0.933 bits per heavy atom. The van der Waals surface area contributed by atoms with Crippen molar-refractivity contribution in [1.29, 1.82) is 0 Å². The molecule has 0 spiro atoms. The molecule has 0 saturated heterocycles. The van der Waals surface area contributed by atoms with Gasteiger partial charge in [0.1, 0.15) is 0 Å². The minimum Gasteiger partial charge on any atom is -0.230 e. The normalized spacial score (nSPS) is 14.4. The largest absolute Gasteiger partial charge is 0.462 e. The molecule has 2 nitrogen and oxygen atoms in total. The highest BCUT2D eigenvalue weighted by Gasteiger charge is 2.75. The van der Waals surface area contributed by atoms with E-state index in [2.05, 4.69) is 25.7 Å². The van der Waals surface area contributed by atoms with Gasteiger partial charge in [-0.1, -0.05) is 15.9 Å². The van der Waals surface area contributed by atoms with Crippen LogP contribution in [0.1, 0.15) is 0 Å². The van der Waals surface area contributed by atoms with Gasteiger partial charge in [0.15, 0.2) is 0 Å². The Balaban J connectivity index is 4.56. The number of alkyl halides is 8. The van der Waals surface area contributed by atoms with Crippen molar-refractivity contribution in [3.05, 3.63) is 0 Å². The first-order valence-corrected chi connectivity index (χ1v) is 4.37. The van der Waals surface area contributed by atoms with Crippen LogP contribution >= 0.6 is 15.9 Å². The molecule has 0 saturated carbocycles. The Labute approximate surface area is 87.4 Å². The molecule has 0 N–H and O–H groups in total. The van der Waals surface area contributed by atoms with Crippen LogP contribution < -0.4 is 0 Å². The first-order chi connectivity index (χ1) is 6.56. The maximum atomic E-state index is 12.2. The topological polar surface area (TPSA) is 18.5 Å². The monoisotopic (exact) mass is 308 g/mol. The van der Waals surface area contributed by atoms with Gasteiger partial charge in [-0.25, -0.2) is 4.89 Å². The summed E-state index contributed by atoms with van der Waals surface area (Å²) in [6.07, 6.45) is -12.2. The molecule has 92 valence electrons. The summed E-state index contributed by atoms with van der Waals surface area (Å²) in [5, 5.41) is -0.0688. The minimum atomic E-state index is -6.42. The summed E-state index contributed by atoms with van der Waals surface area (Å²) in [7, 11) is 0. The Kier molecular flexibility index (Phi) is 4.80. The van der Waals surface area contributed by atoms with Crippen LogP contribution in [0.5, 0.6) is 0 Å². The van der Waals surface area contributed by atoms with E-state index in [0.29, 0.717) is 0 Å². The molecule has 0 aliphatic carbocycles. The smallest absolute Gasteiger partial charge is 0.230 e. The summed E-state index contributed by atoms with van der Waals surface area (Å²) < 4.78 is 82.9. The molecule has 0 aromatic heterocycles. The maximum absolute atomic E-state index is 12.2. The molecule has 0 fully saturated rings. The predicted molar refractivity (Wildman–Crippen MR) is 36.8 cm³/mol. The molecule has 0 aromatic carbocycles. The van der Waals surface area contributed by atoms with Crippen molar-refractivity contribution in [1.82, 2.24) is 0 Å². The Morgan fingerprint density at radius 2 is 1.40 bits per heavy atom. The molecule has 0 aromatic rings. The standard InChI is InChI=1S/C5H4BrF7O2/c6-1-2-14-15-5(12,13)3(7,8)4(9,10)11/h1-2H2. The van der Waals surface area contributed by atoms with Crippen molar-refractivity contribution < 1.29 is 40.5 Å². The zero-order chi connectivity index (χ0) is 12.3. The average molecular weight is 309 g/mol. The van der Waals surface area contributed by atoms with Crippen LogP contribution in [0.4, 0.5) is 30.7 Å². The van der Waals surface area contributed by atoms with Crippen molar-refractivity contribution in [2.75, 3.05) is 11.9 Å². The fourth-order valence-electron chi connectivity index (χ4n) is 0.365. The number of rotatable bonds is 5. The molecule has 0 aliphatic heterocycles. The molecule has 0 heterocycles. The number of hydrogen-bond acceptors (Lipinski definition) is 2. The Morgan fingerprint density at radius 3 is 1.73 bits per heavy atom. The van der Waals surface area contributed by atoms with Gasteiger partial charge in [0.2, 0.25) is 0 Å². The highest BCUT2D eigenvalue weighted by atomic mass is 79.9. The third kappa shape index (κ3) is 3.45. The zero-order valence-electron chi connectivity index (χ0n) is 6.75. The highest BCUT2D eigenvalue weighted by Crippen LogP contribution is 2.46.